The van der Waals surface area contributed by atoms with Crippen LogP contribution in [0.3, 0.4) is 0 Å². The van der Waals surface area contributed by atoms with Gasteiger partial charge >= 0.3 is 0 Å². The van der Waals surface area contributed by atoms with Crippen molar-refractivity contribution in [1.29, 1.82) is 0 Å². The second-order valence-electron chi connectivity index (χ2n) is 5.06. The van der Waals surface area contributed by atoms with Crippen molar-refractivity contribution < 1.29 is 18.8 Å². The minimum atomic E-state index is -1.15. The Hall–Kier alpha value is -3.06. The van der Waals surface area contributed by atoms with Gasteiger partial charge in [-0.25, -0.2) is 4.39 Å². The number of nitrogens with one attached hydrogen (secondary N) is 1. The lowest BCUT2D eigenvalue weighted by Gasteiger charge is -2.12. The molecule has 0 saturated heterocycles. The summed E-state index contributed by atoms with van der Waals surface area (Å²) in [5.41, 5.74) is 0.931. The van der Waals surface area contributed by atoms with Gasteiger partial charge in [0.05, 0.1) is 6.10 Å². The molecule has 7 heteroatoms. The van der Waals surface area contributed by atoms with Crippen molar-refractivity contribution >= 4 is 5.91 Å². The average Bonchev–Trinajstić information content (AvgIpc) is 3.11. The molecule has 3 aromatic rings. The number of halogens is 1. The van der Waals surface area contributed by atoms with Crippen molar-refractivity contribution in [2.24, 2.45) is 0 Å². The lowest BCUT2D eigenvalue weighted by molar-refractivity contribution is 0.0905. The molecule has 1 atom stereocenters. The monoisotopic (exact) mass is 327 g/mol. The van der Waals surface area contributed by atoms with E-state index in [0.717, 1.165) is 5.56 Å². The van der Waals surface area contributed by atoms with Crippen LogP contribution in [0.5, 0.6) is 0 Å². The van der Waals surface area contributed by atoms with E-state index in [1.807, 2.05) is 0 Å². The van der Waals surface area contributed by atoms with Crippen LogP contribution in [0.1, 0.15) is 22.2 Å². The van der Waals surface area contributed by atoms with Crippen molar-refractivity contribution in [1.82, 2.24) is 15.5 Å². The zero-order chi connectivity index (χ0) is 16.9. The Kier molecular flexibility index (Phi) is 4.62. The van der Waals surface area contributed by atoms with Gasteiger partial charge in [0.25, 0.3) is 5.91 Å². The molecule has 1 aromatic carbocycles. The lowest BCUT2D eigenvalue weighted by Crippen LogP contribution is -2.28. The quantitative estimate of drug-likeness (QED) is 0.751. The first-order chi connectivity index (χ1) is 11.6. The van der Waals surface area contributed by atoms with Gasteiger partial charge in [-0.1, -0.05) is 23.4 Å². The highest BCUT2D eigenvalue weighted by molar-refractivity contribution is 5.93. The van der Waals surface area contributed by atoms with Gasteiger partial charge in [-0.2, -0.15) is 0 Å². The SMILES string of the molecule is O=C(NCC(O)c1ccccc1F)c1cc(-c2ccncc2)on1. The van der Waals surface area contributed by atoms with E-state index < -0.39 is 17.8 Å². The summed E-state index contributed by atoms with van der Waals surface area (Å²) in [5, 5.41) is 16.2. The first-order valence-electron chi connectivity index (χ1n) is 7.23. The number of aromatic nitrogens is 2. The third-order valence-electron chi connectivity index (χ3n) is 3.43. The first kappa shape index (κ1) is 15.8. The number of hydrogen-bond acceptors (Lipinski definition) is 5. The normalized spacial score (nSPS) is 11.9. The minimum absolute atomic E-state index is 0.0718. The number of aliphatic hydroxyl groups excluding tert-OH is 1. The lowest BCUT2D eigenvalue weighted by atomic mass is 10.1. The van der Waals surface area contributed by atoms with Crippen molar-refractivity contribution in [2.75, 3.05) is 6.54 Å². The van der Waals surface area contributed by atoms with Crippen LogP contribution in [0.15, 0.2) is 59.4 Å². The number of nitrogens with zero attached hydrogens (tertiary/aromatic N) is 2. The van der Waals surface area contributed by atoms with Gasteiger partial charge in [-0.3, -0.25) is 9.78 Å². The fourth-order valence-electron chi connectivity index (χ4n) is 2.17. The number of carbonyl (C=O) groups is 1. The maximum Gasteiger partial charge on any atom is 0.273 e. The fraction of sp³-hybridized carbons (Fsp3) is 0.118. The molecule has 0 aliphatic rings. The zero-order valence-electron chi connectivity index (χ0n) is 12.5. The Labute approximate surface area is 136 Å². The Morgan fingerprint density at radius 2 is 2.00 bits per heavy atom. The molecule has 1 unspecified atom stereocenters. The molecule has 24 heavy (non-hydrogen) atoms. The van der Waals surface area contributed by atoms with Gasteiger partial charge in [-0.15, -0.1) is 0 Å². The predicted octanol–water partition coefficient (Wildman–Crippen LogP) is 2.34. The molecular formula is C17H14FN3O3. The average molecular weight is 327 g/mol. The molecule has 2 N–H and O–H groups in total. The summed E-state index contributed by atoms with van der Waals surface area (Å²) in [5.74, 6) is -0.618. The van der Waals surface area contributed by atoms with Crippen LogP contribution in [0.25, 0.3) is 11.3 Å². The highest BCUT2D eigenvalue weighted by Gasteiger charge is 2.17. The summed E-state index contributed by atoms with van der Waals surface area (Å²) in [6.07, 6.45) is 2.05. The molecule has 0 aliphatic carbocycles. The standard InChI is InChI=1S/C17H14FN3O3/c18-13-4-2-1-3-12(13)15(22)10-20-17(23)14-9-16(24-21-14)11-5-7-19-8-6-11/h1-9,15,22H,10H2,(H,20,23). The largest absolute Gasteiger partial charge is 0.386 e. The van der Waals surface area contributed by atoms with E-state index in [0.29, 0.717) is 5.76 Å². The second-order valence-corrected chi connectivity index (χ2v) is 5.06. The molecule has 3 rings (SSSR count). The highest BCUT2D eigenvalue weighted by atomic mass is 19.1. The number of benzene rings is 1. The van der Waals surface area contributed by atoms with E-state index >= 15 is 0 Å². The molecular weight excluding hydrogens is 313 g/mol. The number of carbonyl (C=O) groups excluding carboxylic acids is 1. The third kappa shape index (κ3) is 3.47. The molecule has 1 amide bonds. The Morgan fingerprint density at radius 3 is 2.75 bits per heavy atom. The smallest absolute Gasteiger partial charge is 0.273 e. The maximum absolute atomic E-state index is 13.6. The predicted molar refractivity (Wildman–Crippen MR) is 83.4 cm³/mol. The summed E-state index contributed by atoms with van der Waals surface area (Å²) in [6.45, 7) is -0.142. The Morgan fingerprint density at radius 1 is 1.25 bits per heavy atom. The van der Waals surface area contributed by atoms with Gasteiger partial charge in [0.1, 0.15) is 5.82 Å². The van der Waals surface area contributed by atoms with Gasteiger partial charge < -0.3 is 14.9 Å². The van der Waals surface area contributed by atoms with Crippen LogP contribution in [-0.2, 0) is 0 Å². The van der Waals surface area contributed by atoms with Crippen LogP contribution in [0.2, 0.25) is 0 Å². The first-order valence-corrected chi connectivity index (χ1v) is 7.23. The molecule has 0 aliphatic heterocycles. The van der Waals surface area contributed by atoms with Gasteiger partial charge in [0.2, 0.25) is 0 Å². The topological polar surface area (TPSA) is 88.2 Å². The van der Waals surface area contributed by atoms with E-state index in [4.69, 9.17) is 4.52 Å². The fourth-order valence-corrected chi connectivity index (χ4v) is 2.17. The summed E-state index contributed by atoms with van der Waals surface area (Å²) >= 11 is 0. The number of pyridine rings is 1. The van der Waals surface area contributed by atoms with Crippen LogP contribution < -0.4 is 5.32 Å². The van der Waals surface area contributed by atoms with Gasteiger partial charge in [0, 0.05) is 36.1 Å². The van der Waals surface area contributed by atoms with E-state index in [-0.39, 0.29) is 17.8 Å². The molecule has 2 heterocycles. The maximum atomic E-state index is 13.6. The molecule has 0 fully saturated rings. The molecule has 0 saturated carbocycles. The molecule has 0 radical (unpaired) electrons. The zero-order valence-corrected chi connectivity index (χ0v) is 12.5. The second kappa shape index (κ2) is 7.01. The van der Waals surface area contributed by atoms with Crippen molar-refractivity contribution in [3.63, 3.8) is 0 Å². The molecule has 0 bridgehead atoms. The minimum Gasteiger partial charge on any atom is -0.386 e. The van der Waals surface area contributed by atoms with E-state index in [1.165, 1.54) is 24.3 Å². The number of aliphatic hydroxyl groups is 1. The summed E-state index contributed by atoms with van der Waals surface area (Å²) in [4.78, 5) is 16.0. The number of amides is 1. The molecule has 122 valence electrons. The van der Waals surface area contributed by atoms with Crippen LogP contribution in [0, 0.1) is 5.82 Å². The van der Waals surface area contributed by atoms with Crippen molar-refractivity contribution in [2.45, 2.75) is 6.10 Å². The van der Waals surface area contributed by atoms with E-state index in [1.54, 1.807) is 30.6 Å². The summed E-state index contributed by atoms with van der Waals surface area (Å²) in [7, 11) is 0. The van der Waals surface area contributed by atoms with Crippen LogP contribution in [-0.4, -0.2) is 27.7 Å². The summed E-state index contributed by atoms with van der Waals surface area (Å²) in [6, 6.07) is 10.8. The van der Waals surface area contributed by atoms with Crippen molar-refractivity contribution in [3.05, 3.63) is 71.9 Å². The van der Waals surface area contributed by atoms with E-state index in [2.05, 4.69) is 15.5 Å². The number of hydrogen-bond donors (Lipinski definition) is 2. The van der Waals surface area contributed by atoms with Gasteiger partial charge in [0.15, 0.2) is 11.5 Å². The third-order valence-corrected chi connectivity index (χ3v) is 3.43. The van der Waals surface area contributed by atoms with Crippen LogP contribution >= 0.6 is 0 Å². The van der Waals surface area contributed by atoms with Gasteiger partial charge in [-0.05, 0) is 18.2 Å². The van der Waals surface area contributed by atoms with E-state index in [9.17, 15) is 14.3 Å². The van der Waals surface area contributed by atoms with Crippen LogP contribution in [0.4, 0.5) is 4.39 Å². The Bertz CT molecular complexity index is 836. The Balaban J connectivity index is 1.64. The highest BCUT2D eigenvalue weighted by Crippen LogP contribution is 2.19. The summed E-state index contributed by atoms with van der Waals surface area (Å²) < 4.78 is 18.7. The molecule has 6 nitrogen and oxygen atoms in total. The van der Waals surface area contributed by atoms with Crippen molar-refractivity contribution in [3.8, 4) is 11.3 Å². The molecule has 2 aromatic heterocycles. The molecule has 0 spiro atoms. The number of rotatable bonds is 5.